The zero-order valence-corrected chi connectivity index (χ0v) is 12.1. The third-order valence-electron chi connectivity index (χ3n) is 3.94. The quantitative estimate of drug-likeness (QED) is 0.927. The Morgan fingerprint density at radius 2 is 2.18 bits per heavy atom. The molecule has 3 rings (SSSR count). The number of aryl methyl sites for hydroxylation is 1. The number of alkyl halides is 2. The molecule has 1 atom stereocenters. The largest absolute Gasteiger partial charge is 0.394 e. The molecule has 4 nitrogen and oxygen atoms in total. The summed E-state index contributed by atoms with van der Waals surface area (Å²) in [6, 6.07) is 7.92. The number of rotatable bonds is 2. The zero-order valence-electron chi connectivity index (χ0n) is 12.1. The van der Waals surface area contributed by atoms with Crippen LogP contribution >= 0.6 is 0 Å². The van der Waals surface area contributed by atoms with Crippen molar-refractivity contribution in [1.29, 1.82) is 0 Å². The number of carbonyl (C=O) groups is 1. The lowest BCUT2D eigenvalue weighted by Gasteiger charge is -2.22. The van der Waals surface area contributed by atoms with Crippen LogP contribution in [0.2, 0.25) is 0 Å². The van der Waals surface area contributed by atoms with E-state index in [0.717, 1.165) is 16.0 Å². The molecule has 22 heavy (non-hydrogen) atoms. The van der Waals surface area contributed by atoms with Gasteiger partial charge in [0.1, 0.15) is 0 Å². The van der Waals surface area contributed by atoms with Crippen molar-refractivity contribution >= 4 is 16.8 Å². The van der Waals surface area contributed by atoms with Gasteiger partial charge in [-0.3, -0.25) is 9.78 Å². The van der Waals surface area contributed by atoms with E-state index in [9.17, 15) is 18.7 Å². The second-order valence-corrected chi connectivity index (χ2v) is 5.66. The van der Waals surface area contributed by atoms with E-state index in [1.807, 2.05) is 18.2 Å². The number of aromatic nitrogens is 1. The van der Waals surface area contributed by atoms with Gasteiger partial charge >= 0.3 is 0 Å². The number of pyridine rings is 1. The molecule has 1 aliphatic rings. The maximum absolute atomic E-state index is 13.6. The Kier molecular flexibility index (Phi) is 3.56. The normalized spacial score (nSPS) is 20.5. The molecule has 1 aromatic carbocycles. The number of halogens is 2. The summed E-state index contributed by atoms with van der Waals surface area (Å²) in [5, 5.41) is 10.1. The molecule has 1 amide bonds. The van der Waals surface area contributed by atoms with Gasteiger partial charge in [0, 0.05) is 17.5 Å². The Hall–Kier alpha value is -2.08. The fraction of sp³-hybridized carbons (Fsp3) is 0.375. The van der Waals surface area contributed by atoms with Crippen molar-refractivity contribution in [2.24, 2.45) is 0 Å². The van der Waals surface area contributed by atoms with Crippen LogP contribution in [0.3, 0.4) is 0 Å². The Morgan fingerprint density at radius 1 is 1.41 bits per heavy atom. The third-order valence-corrected chi connectivity index (χ3v) is 3.94. The maximum atomic E-state index is 13.6. The molecular weight excluding hydrogens is 290 g/mol. The highest BCUT2D eigenvalue weighted by atomic mass is 19.3. The van der Waals surface area contributed by atoms with Gasteiger partial charge in [-0.15, -0.1) is 0 Å². The van der Waals surface area contributed by atoms with Gasteiger partial charge < -0.3 is 10.0 Å². The second kappa shape index (κ2) is 5.28. The third kappa shape index (κ3) is 2.54. The predicted octanol–water partition coefficient (Wildman–Crippen LogP) is 2.39. The summed E-state index contributed by atoms with van der Waals surface area (Å²) in [7, 11) is 0. The number of hydrogen-bond donors (Lipinski definition) is 1. The van der Waals surface area contributed by atoms with E-state index >= 15 is 0 Å². The van der Waals surface area contributed by atoms with Crippen LogP contribution in [0.4, 0.5) is 8.78 Å². The average Bonchev–Trinajstić information content (AvgIpc) is 2.81. The number of nitrogens with zero attached hydrogens (tertiary/aromatic N) is 2. The minimum Gasteiger partial charge on any atom is -0.394 e. The molecule has 1 aromatic heterocycles. The Bertz CT molecular complexity index is 733. The van der Waals surface area contributed by atoms with Crippen molar-refractivity contribution in [2.45, 2.75) is 25.3 Å². The maximum Gasteiger partial charge on any atom is 0.267 e. The molecule has 1 saturated heterocycles. The van der Waals surface area contributed by atoms with Crippen molar-refractivity contribution in [3.05, 3.63) is 41.6 Å². The first-order chi connectivity index (χ1) is 10.4. The lowest BCUT2D eigenvalue weighted by atomic mass is 10.1. The van der Waals surface area contributed by atoms with Crippen molar-refractivity contribution in [1.82, 2.24) is 9.88 Å². The lowest BCUT2D eigenvalue weighted by molar-refractivity contribution is 0.0116. The van der Waals surface area contributed by atoms with Crippen LogP contribution in [0.5, 0.6) is 0 Å². The molecule has 1 unspecified atom stereocenters. The van der Waals surface area contributed by atoms with Crippen LogP contribution < -0.4 is 0 Å². The lowest BCUT2D eigenvalue weighted by Crippen LogP contribution is -2.38. The molecule has 2 heterocycles. The molecule has 0 saturated carbocycles. The summed E-state index contributed by atoms with van der Waals surface area (Å²) in [6.07, 6.45) is -0.507. The highest BCUT2D eigenvalue weighted by Gasteiger charge is 2.47. The number of benzene rings is 1. The molecule has 6 heteroatoms. The van der Waals surface area contributed by atoms with E-state index in [4.69, 9.17) is 0 Å². The van der Waals surface area contributed by atoms with E-state index in [0.29, 0.717) is 5.52 Å². The van der Waals surface area contributed by atoms with Crippen LogP contribution in [0.25, 0.3) is 10.9 Å². The van der Waals surface area contributed by atoms with E-state index in [-0.39, 0.29) is 5.56 Å². The number of hydrogen-bond acceptors (Lipinski definition) is 3. The number of fused-ring (bicyclic) bond motifs is 1. The average molecular weight is 306 g/mol. The molecule has 1 fully saturated rings. The molecule has 116 valence electrons. The summed E-state index contributed by atoms with van der Waals surface area (Å²) < 4.78 is 27.1. The Balaban J connectivity index is 2.04. The van der Waals surface area contributed by atoms with Gasteiger partial charge in [-0.05, 0) is 19.1 Å². The Morgan fingerprint density at radius 3 is 2.91 bits per heavy atom. The predicted molar refractivity (Wildman–Crippen MR) is 78.0 cm³/mol. The smallest absolute Gasteiger partial charge is 0.267 e. The van der Waals surface area contributed by atoms with Crippen molar-refractivity contribution in [3.8, 4) is 0 Å². The van der Waals surface area contributed by atoms with Gasteiger partial charge in [0.15, 0.2) is 0 Å². The van der Waals surface area contributed by atoms with Crippen molar-refractivity contribution < 1.29 is 18.7 Å². The van der Waals surface area contributed by atoms with E-state index in [1.165, 1.54) is 0 Å². The molecule has 2 aromatic rings. The number of amides is 1. The number of likely N-dealkylation sites (tertiary alicyclic amines) is 1. The summed E-state index contributed by atoms with van der Waals surface area (Å²) in [5.41, 5.74) is 1.54. The fourth-order valence-corrected chi connectivity index (χ4v) is 2.87. The number of carbonyl (C=O) groups excluding carboxylic acids is 1. The first-order valence-corrected chi connectivity index (χ1v) is 7.07. The van der Waals surface area contributed by atoms with Crippen molar-refractivity contribution in [2.75, 3.05) is 13.2 Å². The molecular formula is C16H16F2N2O2. The topological polar surface area (TPSA) is 53.4 Å². The van der Waals surface area contributed by atoms with Crippen LogP contribution in [-0.2, 0) is 0 Å². The minimum atomic E-state index is -2.96. The second-order valence-electron chi connectivity index (χ2n) is 5.66. The minimum absolute atomic E-state index is 0.289. The summed E-state index contributed by atoms with van der Waals surface area (Å²) in [6.45, 7) is 0.666. The Labute approximate surface area is 126 Å². The van der Waals surface area contributed by atoms with Crippen LogP contribution in [0, 0.1) is 6.92 Å². The SMILES string of the molecule is Cc1ccc2cccc(C(=O)N3CC(F)(F)CC3CO)c2n1. The standard InChI is InChI=1S/C16H16F2N2O2/c1-10-5-6-11-3-2-4-13(14(11)19-10)15(22)20-9-16(17,18)7-12(20)8-21/h2-6,12,21H,7-9H2,1H3. The molecule has 1 N–H and O–H groups in total. The molecule has 0 radical (unpaired) electrons. The van der Waals surface area contributed by atoms with Crippen molar-refractivity contribution in [3.63, 3.8) is 0 Å². The number of aliphatic hydroxyl groups is 1. The highest BCUT2D eigenvalue weighted by molar-refractivity contribution is 6.05. The van der Waals surface area contributed by atoms with E-state index < -0.39 is 37.4 Å². The monoisotopic (exact) mass is 306 g/mol. The van der Waals surface area contributed by atoms with E-state index in [2.05, 4.69) is 4.98 Å². The van der Waals surface area contributed by atoms with Crippen LogP contribution in [-0.4, -0.2) is 46.0 Å². The van der Waals surface area contributed by atoms with Gasteiger partial charge in [0.25, 0.3) is 11.8 Å². The van der Waals surface area contributed by atoms with Crippen LogP contribution in [0.15, 0.2) is 30.3 Å². The van der Waals surface area contributed by atoms with Gasteiger partial charge in [0.05, 0.1) is 30.3 Å². The zero-order chi connectivity index (χ0) is 15.9. The van der Waals surface area contributed by atoms with Gasteiger partial charge in [-0.1, -0.05) is 18.2 Å². The van der Waals surface area contributed by atoms with Crippen LogP contribution in [0.1, 0.15) is 22.5 Å². The fourth-order valence-electron chi connectivity index (χ4n) is 2.87. The number of aliphatic hydroxyl groups excluding tert-OH is 1. The summed E-state index contributed by atoms with van der Waals surface area (Å²) in [5.74, 6) is -3.48. The molecule has 0 spiro atoms. The highest BCUT2D eigenvalue weighted by Crippen LogP contribution is 2.33. The molecule has 1 aliphatic heterocycles. The first-order valence-electron chi connectivity index (χ1n) is 7.07. The van der Waals surface area contributed by atoms with Gasteiger partial charge in [-0.25, -0.2) is 8.78 Å². The van der Waals surface area contributed by atoms with E-state index in [1.54, 1.807) is 19.1 Å². The number of para-hydroxylation sites is 1. The first kappa shape index (κ1) is 14.8. The van der Waals surface area contributed by atoms with Gasteiger partial charge in [-0.2, -0.15) is 0 Å². The summed E-state index contributed by atoms with van der Waals surface area (Å²) >= 11 is 0. The summed E-state index contributed by atoms with van der Waals surface area (Å²) in [4.78, 5) is 18.1. The van der Waals surface area contributed by atoms with Gasteiger partial charge in [0.2, 0.25) is 0 Å². The molecule has 0 aliphatic carbocycles. The molecule has 0 bridgehead atoms.